The number of amides is 1. The summed E-state index contributed by atoms with van der Waals surface area (Å²) < 4.78 is 0. The molecule has 0 saturated carbocycles. The van der Waals surface area contributed by atoms with Crippen LogP contribution in [0.1, 0.15) is 36.8 Å². The lowest BCUT2D eigenvalue weighted by Crippen LogP contribution is -2.49. The standard InChI is InChI=1S/C28H33N3O/c1-22(24-9-4-3-5-10-24)21-31-16-13-28(14-17-31,27(32)29-2)19-23-8-6-11-25(18-23)26-12-7-15-30-20-26/h3-12,15,18,20,22H,13-14,16-17,19,21H2,1-2H3,(H,29,32)/t22-/m0/s1. The topological polar surface area (TPSA) is 45.2 Å². The van der Waals surface area contributed by atoms with E-state index < -0.39 is 0 Å². The summed E-state index contributed by atoms with van der Waals surface area (Å²) >= 11 is 0. The highest BCUT2D eigenvalue weighted by Crippen LogP contribution is 2.37. The first kappa shape index (κ1) is 22.2. The predicted molar refractivity (Wildman–Crippen MR) is 130 cm³/mol. The van der Waals surface area contributed by atoms with Crippen LogP contribution in [0.4, 0.5) is 0 Å². The van der Waals surface area contributed by atoms with Crippen LogP contribution in [0.3, 0.4) is 0 Å². The lowest BCUT2D eigenvalue weighted by atomic mass is 9.72. The van der Waals surface area contributed by atoms with Crippen LogP contribution in [0, 0.1) is 5.41 Å². The Morgan fingerprint density at radius 3 is 2.47 bits per heavy atom. The number of carbonyl (C=O) groups is 1. The molecule has 2 heterocycles. The Hall–Kier alpha value is -2.98. The van der Waals surface area contributed by atoms with Gasteiger partial charge in [0.15, 0.2) is 0 Å². The first-order valence-electron chi connectivity index (χ1n) is 11.6. The summed E-state index contributed by atoms with van der Waals surface area (Å²) in [5.74, 6) is 0.653. The Balaban J connectivity index is 1.46. The van der Waals surface area contributed by atoms with Gasteiger partial charge in [-0.1, -0.05) is 67.6 Å². The fourth-order valence-corrected chi connectivity index (χ4v) is 4.97. The Kier molecular flexibility index (Phi) is 7.01. The molecule has 1 aliphatic rings. The van der Waals surface area contributed by atoms with E-state index in [-0.39, 0.29) is 11.3 Å². The van der Waals surface area contributed by atoms with Gasteiger partial charge in [-0.15, -0.1) is 0 Å². The van der Waals surface area contributed by atoms with Crippen molar-refractivity contribution in [3.63, 3.8) is 0 Å². The Labute approximate surface area is 191 Å². The molecule has 4 heteroatoms. The third-order valence-electron chi connectivity index (χ3n) is 6.89. The molecule has 0 bridgehead atoms. The lowest BCUT2D eigenvalue weighted by Gasteiger charge is -2.41. The number of carbonyl (C=O) groups excluding carboxylic acids is 1. The molecule has 4 nitrogen and oxygen atoms in total. The van der Waals surface area contributed by atoms with Crippen molar-refractivity contribution in [2.45, 2.75) is 32.1 Å². The second-order valence-corrected chi connectivity index (χ2v) is 9.09. The largest absolute Gasteiger partial charge is 0.359 e. The monoisotopic (exact) mass is 427 g/mol. The highest BCUT2D eigenvalue weighted by Gasteiger charge is 2.41. The molecule has 0 aliphatic carbocycles. The van der Waals surface area contributed by atoms with Crippen LogP contribution in [-0.2, 0) is 11.2 Å². The molecule has 1 aromatic heterocycles. The van der Waals surface area contributed by atoms with Gasteiger partial charge in [0.2, 0.25) is 5.91 Å². The molecule has 0 unspecified atom stereocenters. The molecule has 1 fully saturated rings. The van der Waals surface area contributed by atoms with Gasteiger partial charge in [0, 0.05) is 26.0 Å². The highest BCUT2D eigenvalue weighted by atomic mass is 16.2. The SMILES string of the molecule is CNC(=O)C1(Cc2cccc(-c3cccnc3)c2)CCN(C[C@H](C)c2ccccc2)CC1. The molecule has 166 valence electrons. The second kappa shape index (κ2) is 10.1. The summed E-state index contributed by atoms with van der Waals surface area (Å²) in [6, 6.07) is 23.3. The number of likely N-dealkylation sites (tertiary alicyclic amines) is 1. The van der Waals surface area contributed by atoms with Crippen LogP contribution in [0.15, 0.2) is 79.1 Å². The summed E-state index contributed by atoms with van der Waals surface area (Å²) in [7, 11) is 1.76. The molecule has 1 saturated heterocycles. The Morgan fingerprint density at radius 1 is 1.03 bits per heavy atom. The zero-order valence-corrected chi connectivity index (χ0v) is 19.1. The first-order chi connectivity index (χ1) is 15.6. The average molecular weight is 428 g/mol. The number of nitrogens with one attached hydrogen (secondary N) is 1. The quantitative estimate of drug-likeness (QED) is 0.582. The van der Waals surface area contributed by atoms with Gasteiger partial charge in [-0.05, 0) is 66.6 Å². The Morgan fingerprint density at radius 2 is 1.78 bits per heavy atom. The second-order valence-electron chi connectivity index (χ2n) is 9.09. The number of piperidine rings is 1. The van der Waals surface area contributed by atoms with Crippen LogP contribution >= 0.6 is 0 Å². The summed E-state index contributed by atoms with van der Waals surface area (Å²) in [6.45, 7) is 5.23. The van der Waals surface area contributed by atoms with E-state index in [4.69, 9.17) is 0 Å². The third kappa shape index (κ3) is 5.08. The van der Waals surface area contributed by atoms with Crippen LogP contribution in [0.25, 0.3) is 11.1 Å². The van der Waals surface area contributed by atoms with E-state index in [2.05, 4.69) is 82.8 Å². The third-order valence-corrected chi connectivity index (χ3v) is 6.89. The minimum atomic E-state index is -0.352. The van der Waals surface area contributed by atoms with Crippen molar-refractivity contribution in [3.05, 3.63) is 90.3 Å². The van der Waals surface area contributed by atoms with E-state index in [0.29, 0.717) is 5.92 Å². The smallest absolute Gasteiger partial charge is 0.226 e. The molecule has 0 radical (unpaired) electrons. The van der Waals surface area contributed by atoms with Gasteiger partial charge in [-0.3, -0.25) is 9.78 Å². The predicted octanol–water partition coefficient (Wildman–Crippen LogP) is 4.92. The van der Waals surface area contributed by atoms with Crippen molar-refractivity contribution in [3.8, 4) is 11.1 Å². The normalized spacial score (nSPS) is 16.9. The molecule has 32 heavy (non-hydrogen) atoms. The summed E-state index contributed by atoms with van der Waals surface area (Å²) in [5.41, 5.74) is 4.49. The van der Waals surface area contributed by atoms with Crippen molar-refractivity contribution < 1.29 is 4.79 Å². The Bertz CT molecular complexity index is 1010. The number of hydrogen-bond donors (Lipinski definition) is 1. The molecule has 1 amide bonds. The minimum absolute atomic E-state index is 0.167. The van der Waals surface area contributed by atoms with E-state index in [0.717, 1.165) is 50.0 Å². The van der Waals surface area contributed by atoms with Gasteiger partial charge in [0.05, 0.1) is 5.41 Å². The number of nitrogens with zero attached hydrogens (tertiary/aromatic N) is 2. The zero-order valence-electron chi connectivity index (χ0n) is 19.1. The number of benzene rings is 2. The molecule has 0 spiro atoms. The fourth-order valence-electron chi connectivity index (χ4n) is 4.97. The highest BCUT2D eigenvalue weighted by molar-refractivity contribution is 5.83. The minimum Gasteiger partial charge on any atom is -0.359 e. The first-order valence-corrected chi connectivity index (χ1v) is 11.6. The van der Waals surface area contributed by atoms with Gasteiger partial charge in [0.25, 0.3) is 0 Å². The van der Waals surface area contributed by atoms with E-state index >= 15 is 0 Å². The van der Waals surface area contributed by atoms with Crippen molar-refractivity contribution in [2.24, 2.45) is 5.41 Å². The van der Waals surface area contributed by atoms with Crippen molar-refractivity contribution in [1.82, 2.24) is 15.2 Å². The zero-order chi connectivity index (χ0) is 22.4. The van der Waals surface area contributed by atoms with Gasteiger partial charge in [-0.25, -0.2) is 0 Å². The fraction of sp³-hybridized carbons (Fsp3) is 0.357. The van der Waals surface area contributed by atoms with Gasteiger partial charge in [0.1, 0.15) is 0 Å². The lowest BCUT2D eigenvalue weighted by molar-refractivity contribution is -0.133. The van der Waals surface area contributed by atoms with Crippen molar-refractivity contribution in [1.29, 1.82) is 0 Å². The van der Waals surface area contributed by atoms with Crippen molar-refractivity contribution >= 4 is 5.91 Å². The molecule has 2 aromatic carbocycles. The summed E-state index contributed by atoms with van der Waals surface area (Å²) in [5, 5.41) is 2.96. The van der Waals surface area contributed by atoms with Crippen LogP contribution < -0.4 is 5.32 Å². The van der Waals surface area contributed by atoms with Gasteiger partial charge < -0.3 is 10.2 Å². The summed E-state index contributed by atoms with van der Waals surface area (Å²) in [6.07, 6.45) is 6.21. The van der Waals surface area contributed by atoms with Crippen LogP contribution in [-0.4, -0.2) is 42.5 Å². The molecule has 1 atom stereocenters. The molecule has 1 N–H and O–H groups in total. The number of aromatic nitrogens is 1. The molecule has 3 aromatic rings. The van der Waals surface area contributed by atoms with E-state index in [1.807, 2.05) is 12.3 Å². The number of pyridine rings is 1. The number of rotatable bonds is 7. The van der Waals surface area contributed by atoms with E-state index in [9.17, 15) is 4.79 Å². The summed E-state index contributed by atoms with van der Waals surface area (Å²) in [4.78, 5) is 19.8. The van der Waals surface area contributed by atoms with Crippen LogP contribution in [0.5, 0.6) is 0 Å². The van der Waals surface area contributed by atoms with Gasteiger partial charge >= 0.3 is 0 Å². The molecule has 4 rings (SSSR count). The average Bonchev–Trinajstić information content (AvgIpc) is 2.86. The maximum atomic E-state index is 13.1. The molecular weight excluding hydrogens is 394 g/mol. The molecular formula is C28H33N3O. The van der Waals surface area contributed by atoms with E-state index in [1.165, 1.54) is 11.1 Å². The van der Waals surface area contributed by atoms with Gasteiger partial charge in [-0.2, -0.15) is 0 Å². The van der Waals surface area contributed by atoms with E-state index in [1.54, 1.807) is 13.2 Å². The maximum absolute atomic E-state index is 13.1. The van der Waals surface area contributed by atoms with Crippen LogP contribution in [0.2, 0.25) is 0 Å². The molecule has 1 aliphatic heterocycles. The maximum Gasteiger partial charge on any atom is 0.226 e. The number of hydrogen-bond acceptors (Lipinski definition) is 3. The van der Waals surface area contributed by atoms with Crippen molar-refractivity contribution in [2.75, 3.05) is 26.7 Å².